The minimum atomic E-state index is -0.476. The number of aliphatic hydroxyl groups is 1. The molecular weight excluding hydrogens is 337 g/mol. The highest BCUT2D eigenvalue weighted by molar-refractivity contribution is 14.1. The maximum Gasteiger partial charge on any atom is 0.0771 e. The lowest BCUT2D eigenvalue weighted by Crippen LogP contribution is -2.42. The normalized spacial score (nSPS) is 20.6. The SMILES string of the molecule is CC(NCC1(O)CCCCC1)c1ccc(I)cc1. The highest BCUT2D eigenvalue weighted by Gasteiger charge is 2.29. The first-order valence-electron chi connectivity index (χ1n) is 6.80. The van der Waals surface area contributed by atoms with Crippen molar-refractivity contribution in [3.05, 3.63) is 33.4 Å². The van der Waals surface area contributed by atoms with E-state index < -0.39 is 5.60 Å². The van der Waals surface area contributed by atoms with Crippen LogP contribution >= 0.6 is 22.6 Å². The minimum absolute atomic E-state index is 0.299. The summed E-state index contributed by atoms with van der Waals surface area (Å²) < 4.78 is 1.26. The second-order valence-corrected chi connectivity index (χ2v) is 6.68. The fourth-order valence-electron chi connectivity index (χ4n) is 2.60. The third-order valence-electron chi connectivity index (χ3n) is 3.89. The summed E-state index contributed by atoms with van der Waals surface area (Å²) in [5, 5.41) is 13.9. The Morgan fingerprint density at radius 3 is 2.44 bits per heavy atom. The number of rotatable bonds is 4. The molecule has 1 aliphatic carbocycles. The average molecular weight is 359 g/mol. The van der Waals surface area contributed by atoms with Crippen LogP contribution in [0.3, 0.4) is 0 Å². The molecule has 0 heterocycles. The van der Waals surface area contributed by atoms with E-state index in [0.29, 0.717) is 12.6 Å². The molecule has 100 valence electrons. The lowest BCUT2D eigenvalue weighted by atomic mass is 9.84. The summed E-state index contributed by atoms with van der Waals surface area (Å²) in [6.45, 7) is 2.87. The zero-order chi connectivity index (χ0) is 13.0. The molecule has 18 heavy (non-hydrogen) atoms. The van der Waals surface area contributed by atoms with Gasteiger partial charge in [-0.15, -0.1) is 0 Å². The first-order chi connectivity index (χ1) is 8.59. The Bertz CT molecular complexity index is 371. The molecule has 0 radical (unpaired) electrons. The predicted molar refractivity (Wildman–Crippen MR) is 83.6 cm³/mol. The standard InChI is InChI=1S/C15H22INO/c1-12(13-5-7-14(16)8-6-13)17-11-15(18)9-3-2-4-10-15/h5-8,12,17-18H,2-4,9-11H2,1H3. The molecule has 2 N–H and O–H groups in total. The van der Waals surface area contributed by atoms with Gasteiger partial charge in [0.2, 0.25) is 0 Å². The van der Waals surface area contributed by atoms with E-state index in [1.54, 1.807) is 0 Å². The second kappa shape index (κ2) is 6.35. The first-order valence-corrected chi connectivity index (χ1v) is 7.88. The highest BCUT2D eigenvalue weighted by atomic mass is 127. The van der Waals surface area contributed by atoms with Crippen molar-refractivity contribution >= 4 is 22.6 Å². The summed E-state index contributed by atoms with van der Waals surface area (Å²) in [5.74, 6) is 0. The summed E-state index contributed by atoms with van der Waals surface area (Å²) in [5.41, 5.74) is 0.810. The monoisotopic (exact) mass is 359 g/mol. The third-order valence-corrected chi connectivity index (χ3v) is 4.61. The van der Waals surface area contributed by atoms with Gasteiger partial charge < -0.3 is 10.4 Å². The summed E-state index contributed by atoms with van der Waals surface area (Å²) in [6, 6.07) is 8.87. The Hall–Kier alpha value is -0.130. The molecule has 0 aromatic heterocycles. The van der Waals surface area contributed by atoms with Crippen LogP contribution in [0.2, 0.25) is 0 Å². The predicted octanol–water partition coefficient (Wildman–Crippen LogP) is 3.64. The van der Waals surface area contributed by atoms with Gasteiger partial charge in [-0.05, 0) is 60.1 Å². The average Bonchev–Trinajstić information content (AvgIpc) is 2.38. The van der Waals surface area contributed by atoms with Gasteiger partial charge in [-0.1, -0.05) is 31.4 Å². The van der Waals surface area contributed by atoms with Crippen molar-refractivity contribution in [1.82, 2.24) is 5.32 Å². The van der Waals surface area contributed by atoms with E-state index in [1.165, 1.54) is 15.6 Å². The lowest BCUT2D eigenvalue weighted by Gasteiger charge is -2.33. The topological polar surface area (TPSA) is 32.3 Å². The van der Waals surface area contributed by atoms with Crippen molar-refractivity contribution in [3.8, 4) is 0 Å². The van der Waals surface area contributed by atoms with Crippen molar-refractivity contribution in [2.75, 3.05) is 6.54 Å². The zero-order valence-electron chi connectivity index (χ0n) is 11.0. The Balaban J connectivity index is 1.87. The van der Waals surface area contributed by atoms with Crippen molar-refractivity contribution < 1.29 is 5.11 Å². The van der Waals surface area contributed by atoms with Gasteiger partial charge in [0.15, 0.2) is 0 Å². The van der Waals surface area contributed by atoms with Gasteiger partial charge in [0.1, 0.15) is 0 Å². The smallest absolute Gasteiger partial charge is 0.0771 e. The van der Waals surface area contributed by atoms with Crippen LogP contribution in [0, 0.1) is 3.57 Å². The van der Waals surface area contributed by atoms with Crippen LogP contribution in [0.1, 0.15) is 50.6 Å². The van der Waals surface area contributed by atoms with Crippen LogP contribution in [0.15, 0.2) is 24.3 Å². The summed E-state index contributed by atoms with van der Waals surface area (Å²) in [7, 11) is 0. The van der Waals surface area contributed by atoms with Gasteiger partial charge in [-0.25, -0.2) is 0 Å². The van der Waals surface area contributed by atoms with Gasteiger partial charge in [-0.2, -0.15) is 0 Å². The molecule has 1 saturated carbocycles. The third kappa shape index (κ3) is 3.93. The molecule has 1 atom stereocenters. The number of benzene rings is 1. The molecule has 1 fully saturated rings. The van der Waals surface area contributed by atoms with Crippen LogP contribution in [0.25, 0.3) is 0 Å². The molecule has 1 aliphatic rings. The maximum absolute atomic E-state index is 10.4. The van der Waals surface area contributed by atoms with Gasteiger partial charge in [-0.3, -0.25) is 0 Å². The van der Waals surface area contributed by atoms with Crippen molar-refractivity contribution in [3.63, 3.8) is 0 Å². The van der Waals surface area contributed by atoms with Crippen molar-refractivity contribution in [2.24, 2.45) is 0 Å². The van der Waals surface area contributed by atoms with Crippen LogP contribution < -0.4 is 5.32 Å². The molecule has 2 rings (SSSR count). The molecule has 0 aliphatic heterocycles. The minimum Gasteiger partial charge on any atom is -0.389 e. The van der Waals surface area contributed by atoms with E-state index in [-0.39, 0.29) is 0 Å². The van der Waals surface area contributed by atoms with Gasteiger partial charge in [0.25, 0.3) is 0 Å². The van der Waals surface area contributed by atoms with Crippen LogP contribution in [0.4, 0.5) is 0 Å². The molecule has 0 amide bonds. The maximum atomic E-state index is 10.4. The Labute approximate surface area is 123 Å². The number of nitrogens with one attached hydrogen (secondary N) is 1. The molecule has 0 bridgehead atoms. The number of halogens is 1. The first kappa shape index (κ1) is 14.3. The van der Waals surface area contributed by atoms with Crippen molar-refractivity contribution in [1.29, 1.82) is 0 Å². The molecule has 1 unspecified atom stereocenters. The molecule has 3 heteroatoms. The second-order valence-electron chi connectivity index (χ2n) is 5.44. The van der Waals surface area contributed by atoms with Gasteiger partial charge in [0, 0.05) is 16.2 Å². The Morgan fingerprint density at radius 2 is 1.83 bits per heavy atom. The molecule has 1 aromatic rings. The van der Waals surface area contributed by atoms with Gasteiger partial charge in [0.05, 0.1) is 5.60 Å². The fourth-order valence-corrected chi connectivity index (χ4v) is 2.96. The van der Waals surface area contributed by atoms with E-state index in [4.69, 9.17) is 0 Å². The summed E-state index contributed by atoms with van der Waals surface area (Å²) in [6.07, 6.45) is 5.49. The fraction of sp³-hybridized carbons (Fsp3) is 0.600. The molecule has 1 aromatic carbocycles. The highest BCUT2D eigenvalue weighted by Crippen LogP contribution is 2.28. The van der Waals surface area contributed by atoms with Crippen LogP contribution in [-0.2, 0) is 0 Å². The van der Waals surface area contributed by atoms with Gasteiger partial charge >= 0.3 is 0 Å². The molecule has 0 spiro atoms. The van der Waals surface area contributed by atoms with E-state index in [0.717, 1.165) is 25.7 Å². The Morgan fingerprint density at radius 1 is 1.22 bits per heavy atom. The Kier molecular flexibility index (Phi) is 5.04. The summed E-state index contributed by atoms with van der Waals surface area (Å²) in [4.78, 5) is 0. The van der Waals surface area contributed by atoms with Crippen LogP contribution in [0.5, 0.6) is 0 Å². The van der Waals surface area contributed by atoms with Crippen LogP contribution in [-0.4, -0.2) is 17.3 Å². The number of hydrogen-bond donors (Lipinski definition) is 2. The number of hydrogen-bond acceptors (Lipinski definition) is 2. The quantitative estimate of drug-likeness (QED) is 0.805. The lowest BCUT2D eigenvalue weighted by molar-refractivity contribution is 0.00300. The zero-order valence-corrected chi connectivity index (χ0v) is 13.1. The molecule has 0 saturated heterocycles. The summed E-state index contributed by atoms with van der Waals surface area (Å²) >= 11 is 2.32. The van der Waals surface area contributed by atoms with Crippen molar-refractivity contribution in [2.45, 2.75) is 50.7 Å². The van der Waals surface area contributed by atoms with E-state index >= 15 is 0 Å². The molecule has 2 nitrogen and oxygen atoms in total. The molecular formula is C15H22INO. The van der Waals surface area contributed by atoms with E-state index in [1.807, 2.05) is 0 Å². The van der Waals surface area contributed by atoms with E-state index in [9.17, 15) is 5.11 Å². The largest absolute Gasteiger partial charge is 0.389 e. The van der Waals surface area contributed by atoms with E-state index in [2.05, 4.69) is 59.1 Å².